The summed E-state index contributed by atoms with van der Waals surface area (Å²) in [7, 11) is 0. The number of hydrogen-bond acceptors (Lipinski definition) is 8. The van der Waals surface area contributed by atoms with Crippen molar-refractivity contribution in [1.82, 2.24) is 0 Å². The Kier molecular flexibility index (Phi) is 10.8. The number of allylic oxidation sites excluding steroid dienone is 4. The third-order valence-corrected chi connectivity index (χ3v) is 12.1. The van der Waals surface area contributed by atoms with E-state index < -0.39 is 5.41 Å². The molecule has 48 heavy (non-hydrogen) atoms. The number of epoxide rings is 2. The molecule has 0 aromatic carbocycles. The zero-order valence-corrected chi connectivity index (χ0v) is 29.8. The fraction of sp³-hybridized carbons (Fsp3) is 0.750. The number of ether oxygens (including phenoxy) is 4. The van der Waals surface area contributed by atoms with Gasteiger partial charge in [-0.15, -0.1) is 0 Å². The van der Waals surface area contributed by atoms with Crippen molar-refractivity contribution in [2.24, 2.45) is 27.2 Å². The summed E-state index contributed by atoms with van der Waals surface area (Å²) in [4.78, 5) is 34.4. The molecule has 8 heteroatoms. The monoisotopic (exact) mass is 662 g/mol. The van der Waals surface area contributed by atoms with Gasteiger partial charge in [-0.1, -0.05) is 50.8 Å². The second kappa shape index (κ2) is 14.7. The largest absolute Gasteiger partial charge is 0.459 e. The predicted octanol–water partition coefficient (Wildman–Crippen LogP) is 7.84. The minimum absolute atomic E-state index is 0.00155. The van der Waals surface area contributed by atoms with Crippen molar-refractivity contribution in [2.45, 2.75) is 160 Å². The van der Waals surface area contributed by atoms with Crippen LogP contribution in [-0.2, 0) is 28.5 Å². The molecule has 0 aromatic rings. The summed E-state index contributed by atoms with van der Waals surface area (Å²) in [5.74, 6) is -0.136. The van der Waals surface area contributed by atoms with Gasteiger partial charge in [-0.2, -0.15) is 0 Å². The minimum atomic E-state index is -0.469. The number of rotatable bonds is 12. The molecule has 0 bridgehead atoms. The Labute approximate surface area is 287 Å². The second-order valence-electron chi connectivity index (χ2n) is 16.2. The van der Waals surface area contributed by atoms with E-state index in [-0.39, 0.29) is 59.4 Å². The van der Waals surface area contributed by atoms with E-state index in [0.717, 1.165) is 77.3 Å². The lowest BCUT2D eigenvalue weighted by Crippen LogP contribution is -2.33. The lowest BCUT2D eigenvalue weighted by atomic mass is 9.73. The molecule has 6 rings (SSSR count). The topological polar surface area (TPSA) is 102 Å². The van der Waals surface area contributed by atoms with Crippen LogP contribution in [0.4, 0.5) is 0 Å². The highest BCUT2D eigenvalue weighted by atomic mass is 16.7. The van der Waals surface area contributed by atoms with E-state index in [9.17, 15) is 9.59 Å². The van der Waals surface area contributed by atoms with Gasteiger partial charge in [-0.25, -0.2) is 4.79 Å². The van der Waals surface area contributed by atoms with Crippen LogP contribution in [0.2, 0.25) is 0 Å². The lowest BCUT2D eigenvalue weighted by Gasteiger charge is -2.26. The molecule has 0 unspecified atom stereocenters. The summed E-state index contributed by atoms with van der Waals surface area (Å²) in [6, 6.07) is 0. The molecule has 6 aliphatic rings. The Bertz CT molecular complexity index is 1350. The van der Waals surface area contributed by atoms with E-state index in [4.69, 9.17) is 28.9 Å². The lowest BCUT2D eigenvalue weighted by molar-refractivity contribution is -0.148. The van der Waals surface area contributed by atoms with E-state index in [1.807, 2.05) is 13.8 Å². The van der Waals surface area contributed by atoms with Gasteiger partial charge in [0.1, 0.15) is 24.4 Å². The van der Waals surface area contributed by atoms with E-state index in [2.05, 4.69) is 45.0 Å². The van der Waals surface area contributed by atoms with Crippen LogP contribution in [0.5, 0.6) is 0 Å². The number of nitrogens with zero attached hydrogens (tertiary/aromatic N) is 2. The molecular weight excluding hydrogens is 604 g/mol. The summed E-state index contributed by atoms with van der Waals surface area (Å²) in [5, 5.41) is 0. The summed E-state index contributed by atoms with van der Waals surface area (Å²) in [6.45, 7) is 14.1. The molecule has 0 saturated carbocycles. The number of esters is 2. The van der Waals surface area contributed by atoms with E-state index >= 15 is 0 Å². The van der Waals surface area contributed by atoms with Crippen LogP contribution >= 0.6 is 0 Å². The molecule has 0 N–H and O–H groups in total. The van der Waals surface area contributed by atoms with Gasteiger partial charge in [0.05, 0.1) is 16.6 Å². The van der Waals surface area contributed by atoms with Crippen LogP contribution < -0.4 is 0 Å². The Morgan fingerprint density at radius 3 is 1.85 bits per heavy atom. The first-order valence-corrected chi connectivity index (χ1v) is 18.9. The van der Waals surface area contributed by atoms with E-state index in [1.165, 1.54) is 43.3 Å². The van der Waals surface area contributed by atoms with Gasteiger partial charge in [-0.05, 0) is 103 Å². The van der Waals surface area contributed by atoms with Crippen molar-refractivity contribution in [3.05, 3.63) is 35.5 Å². The van der Waals surface area contributed by atoms with Crippen molar-refractivity contribution in [3.8, 4) is 0 Å². The van der Waals surface area contributed by atoms with Crippen LogP contribution in [0.3, 0.4) is 0 Å². The zero-order valence-electron chi connectivity index (χ0n) is 29.8. The van der Waals surface area contributed by atoms with Gasteiger partial charge in [0.15, 0.2) is 0 Å². The summed E-state index contributed by atoms with van der Waals surface area (Å²) < 4.78 is 23.6. The minimum Gasteiger partial charge on any atom is -0.459 e. The smallest absolute Gasteiger partial charge is 0.334 e. The third-order valence-electron chi connectivity index (χ3n) is 12.1. The fourth-order valence-corrected chi connectivity index (χ4v) is 8.53. The first kappa shape index (κ1) is 35.3. The molecule has 2 aliphatic carbocycles. The number of carbonyl (C=O) groups excluding carboxylic acids is 2. The van der Waals surface area contributed by atoms with Gasteiger partial charge in [-0.3, -0.25) is 14.8 Å². The summed E-state index contributed by atoms with van der Waals surface area (Å²) >= 11 is 0. The Morgan fingerprint density at radius 1 is 0.750 bits per heavy atom. The van der Waals surface area contributed by atoms with Gasteiger partial charge in [0.25, 0.3) is 0 Å². The Balaban J connectivity index is 0.835. The number of aliphatic imine (C=N–C) groups is 2. The number of fused-ring (bicyclic) bond motifs is 6. The SMILES string of the molecule is C=C1C(=O)O[C@H]2[C@H]1CC/C(C=NCCCCCCCCCN=C/C1=C/CC[C@@]3(C)O[C@H]3[C@H]3OC(=O)C(C)(C)[C@@H]3CC1)=C\CC[C@@]1(C)O[C@@H]21. The maximum absolute atomic E-state index is 12.6. The first-order chi connectivity index (χ1) is 23.0. The highest BCUT2D eigenvalue weighted by Gasteiger charge is 2.65. The van der Waals surface area contributed by atoms with Gasteiger partial charge in [0.2, 0.25) is 0 Å². The maximum atomic E-state index is 12.6. The fourth-order valence-electron chi connectivity index (χ4n) is 8.53. The van der Waals surface area contributed by atoms with Crippen LogP contribution in [0.25, 0.3) is 0 Å². The summed E-state index contributed by atoms with van der Waals surface area (Å²) in [5.41, 5.74) is 2.29. The molecule has 4 heterocycles. The van der Waals surface area contributed by atoms with Gasteiger partial charge < -0.3 is 18.9 Å². The molecule has 0 amide bonds. The molecule has 0 aromatic heterocycles. The highest BCUT2D eigenvalue weighted by Crippen LogP contribution is 2.53. The third kappa shape index (κ3) is 7.90. The highest BCUT2D eigenvalue weighted by molar-refractivity contribution is 5.91. The van der Waals surface area contributed by atoms with Crippen molar-refractivity contribution < 1.29 is 28.5 Å². The number of unbranched alkanes of at least 4 members (excludes halogenated alkanes) is 6. The summed E-state index contributed by atoms with van der Waals surface area (Å²) in [6.07, 6.45) is 24.3. The van der Waals surface area contributed by atoms with Crippen molar-refractivity contribution >= 4 is 24.4 Å². The average molecular weight is 663 g/mol. The molecule has 4 fully saturated rings. The van der Waals surface area contributed by atoms with Crippen molar-refractivity contribution in [3.63, 3.8) is 0 Å². The number of hydrogen-bond donors (Lipinski definition) is 0. The Morgan fingerprint density at radius 2 is 1.27 bits per heavy atom. The van der Waals surface area contributed by atoms with Crippen LogP contribution in [0.15, 0.2) is 45.4 Å². The molecule has 4 saturated heterocycles. The van der Waals surface area contributed by atoms with E-state index in [0.29, 0.717) is 5.57 Å². The van der Waals surface area contributed by atoms with Crippen LogP contribution in [-0.4, -0.2) is 73.1 Å². The molecule has 4 aliphatic heterocycles. The molecular formula is C40H58N2O6. The molecule has 0 radical (unpaired) electrons. The number of carbonyl (C=O) groups is 2. The standard InChI is InChI=1S/C40H58N2O6/c1-27-30-19-17-28(15-13-21-39(4)34(47-39)32(30)45-36(27)43)25-41-23-11-9-7-6-8-10-12-24-42-26-29-16-14-22-40(5)35(48-40)33-31(20-18-29)38(2,3)37(44)46-33/h15-16,25-26,30-35H,1,6-14,17-24H2,2-5H3/b28-15+,29-16+,41-25?,42-26?/t30-,31+,32-,33-,34-,35-,39+,40+/m0/s1. The second-order valence-corrected chi connectivity index (χ2v) is 16.2. The first-order valence-electron chi connectivity index (χ1n) is 18.9. The normalized spacial score (nSPS) is 39.7. The van der Waals surface area contributed by atoms with Crippen molar-refractivity contribution in [2.75, 3.05) is 13.1 Å². The van der Waals surface area contributed by atoms with Crippen LogP contribution in [0, 0.1) is 17.3 Å². The maximum Gasteiger partial charge on any atom is 0.334 e. The zero-order chi connectivity index (χ0) is 33.9. The quantitative estimate of drug-likeness (QED) is 0.0694. The molecule has 8 nitrogen and oxygen atoms in total. The average Bonchev–Trinajstić information content (AvgIpc) is 3.87. The van der Waals surface area contributed by atoms with Crippen LogP contribution in [0.1, 0.15) is 124 Å². The Hall–Kier alpha value is -2.58. The molecule has 8 atom stereocenters. The predicted molar refractivity (Wildman–Crippen MR) is 188 cm³/mol. The molecule has 0 spiro atoms. The van der Waals surface area contributed by atoms with Gasteiger partial charge in [0, 0.05) is 42.9 Å². The van der Waals surface area contributed by atoms with Crippen molar-refractivity contribution in [1.29, 1.82) is 0 Å². The van der Waals surface area contributed by atoms with E-state index in [1.54, 1.807) is 0 Å². The van der Waals surface area contributed by atoms with Gasteiger partial charge >= 0.3 is 11.9 Å². The molecule has 264 valence electrons.